The van der Waals surface area contributed by atoms with Crippen LogP contribution in [0.5, 0.6) is 0 Å². The van der Waals surface area contributed by atoms with Crippen molar-refractivity contribution in [3.63, 3.8) is 0 Å². The highest BCUT2D eigenvalue weighted by Gasteiger charge is 2.53. The zero-order valence-corrected chi connectivity index (χ0v) is 26.9. The van der Waals surface area contributed by atoms with Crippen LogP contribution in [0, 0.1) is 10.8 Å². The van der Waals surface area contributed by atoms with Crippen molar-refractivity contribution < 1.29 is 18.0 Å². The average Bonchev–Trinajstić information content (AvgIpc) is 3.45. The van der Waals surface area contributed by atoms with Crippen molar-refractivity contribution in [1.82, 2.24) is 14.5 Å². The van der Waals surface area contributed by atoms with E-state index in [0.717, 1.165) is 49.2 Å². The standard InChI is InChI=1S/C33H40N4O4S2/c1-32(2)16-24-17-33(3,20-32)21-37(24)43(40,41)25-12-10-23(11-13-25)29(38)35-31-28(30(39)34-4)26-14-15-36(19-27(26)42-31)18-22-8-6-5-7-9-22/h5-13,24H,14-21H2,1-4H3,(H,34,39)(H,35,38). The summed E-state index contributed by atoms with van der Waals surface area (Å²) in [5.41, 5.74) is 3.17. The number of carbonyl (C=O) groups excluding carboxylic acids is 2. The van der Waals surface area contributed by atoms with Gasteiger partial charge in [-0.1, -0.05) is 51.1 Å². The van der Waals surface area contributed by atoms with Crippen LogP contribution in [-0.2, 0) is 29.5 Å². The van der Waals surface area contributed by atoms with Crippen LogP contribution in [0.1, 0.15) is 76.8 Å². The van der Waals surface area contributed by atoms with Crippen LogP contribution in [-0.4, -0.2) is 55.6 Å². The lowest BCUT2D eigenvalue weighted by Crippen LogP contribution is -2.37. The second kappa shape index (κ2) is 11.1. The summed E-state index contributed by atoms with van der Waals surface area (Å²) in [4.78, 5) is 29.9. The maximum absolute atomic E-state index is 13.7. The van der Waals surface area contributed by atoms with Crippen molar-refractivity contribution in [3.05, 3.63) is 81.7 Å². The van der Waals surface area contributed by atoms with Gasteiger partial charge in [-0.05, 0) is 71.9 Å². The fraction of sp³-hybridized carbons (Fsp3) is 0.455. The quantitative estimate of drug-likeness (QED) is 0.363. The van der Waals surface area contributed by atoms with Crippen molar-refractivity contribution in [2.45, 2.75) is 70.5 Å². The molecule has 43 heavy (non-hydrogen) atoms. The number of rotatable bonds is 7. The lowest BCUT2D eigenvalue weighted by molar-refractivity contribution is 0.0962. The molecule has 1 saturated carbocycles. The first kappa shape index (κ1) is 30.0. The highest BCUT2D eigenvalue weighted by Crippen LogP contribution is 2.53. The molecule has 0 radical (unpaired) electrons. The van der Waals surface area contributed by atoms with E-state index in [2.05, 4.69) is 48.4 Å². The third-order valence-corrected chi connectivity index (χ3v) is 12.2. The van der Waals surface area contributed by atoms with Gasteiger partial charge in [0.05, 0.1) is 10.5 Å². The normalized spacial score (nSPS) is 23.5. The number of fused-ring (bicyclic) bond motifs is 3. The molecule has 6 rings (SSSR count). The van der Waals surface area contributed by atoms with Crippen molar-refractivity contribution in [2.75, 3.05) is 25.5 Å². The Morgan fingerprint density at radius 1 is 1.00 bits per heavy atom. The molecule has 2 fully saturated rings. The molecule has 8 nitrogen and oxygen atoms in total. The average molecular weight is 621 g/mol. The van der Waals surface area contributed by atoms with E-state index in [0.29, 0.717) is 29.2 Å². The maximum Gasteiger partial charge on any atom is 0.256 e. The molecule has 228 valence electrons. The number of benzene rings is 2. The number of hydrogen-bond donors (Lipinski definition) is 2. The topological polar surface area (TPSA) is 98.8 Å². The van der Waals surface area contributed by atoms with Crippen LogP contribution in [0.3, 0.4) is 0 Å². The van der Waals surface area contributed by atoms with Gasteiger partial charge in [-0.15, -0.1) is 11.3 Å². The number of thiophene rings is 1. The third kappa shape index (κ3) is 5.90. The fourth-order valence-corrected chi connectivity index (χ4v) is 10.7. The number of anilines is 1. The monoisotopic (exact) mass is 620 g/mol. The Hall–Kier alpha value is -3.05. The molecule has 3 heterocycles. The fourth-order valence-electron chi connectivity index (χ4n) is 7.66. The maximum atomic E-state index is 13.7. The van der Waals surface area contributed by atoms with E-state index in [-0.39, 0.29) is 33.6 Å². The van der Waals surface area contributed by atoms with E-state index in [4.69, 9.17) is 0 Å². The summed E-state index contributed by atoms with van der Waals surface area (Å²) < 4.78 is 29.1. The minimum atomic E-state index is -3.69. The van der Waals surface area contributed by atoms with Crippen LogP contribution < -0.4 is 10.6 Å². The van der Waals surface area contributed by atoms with E-state index < -0.39 is 10.0 Å². The smallest absolute Gasteiger partial charge is 0.256 e. The summed E-state index contributed by atoms with van der Waals surface area (Å²) in [6, 6.07) is 16.5. The lowest BCUT2D eigenvalue weighted by Gasteiger charge is -2.39. The first-order valence-corrected chi connectivity index (χ1v) is 17.2. The van der Waals surface area contributed by atoms with E-state index in [1.807, 2.05) is 18.2 Å². The summed E-state index contributed by atoms with van der Waals surface area (Å²) in [6.45, 7) is 9.51. The number of sulfonamides is 1. The number of nitrogens with one attached hydrogen (secondary N) is 2. The van der Waals surface area contributed by atoms with Crippen LogP contribution in [0.2, 0.25) is 0 Å². The Morgan fingerprint density at radius 2 is 1.72 bits per heavy atom. The van der Waals surface area contributed by atoms with Gasteiger partial charge in [0.15, 0.2) is 0 Å². The molecular weight excluding hydrogens is 581 g/mol. The van der Waals surface area contributed by atoms with Crippen molar-refractivity contribution in [1.29, 1.82) is 0 Å². The summed E-state index contributed by atoms with van der Waals surface area (Å²) in [5.74, 6) is -0.599. The van der Waals surface area contributed by atoms with Gasteiger partial charge in [-0.3, -0.25) is 14.5 Å². The molecule has 2 bridgehead atoms. The number of amides is 2. The Morgan fingerprint density at radius 3 is 2.42 bits per heavy atom. The molecule has 0 spiro atoms. The third-order valence-electron chi connectivity index (χ3n) is 9.16. The van der Waals surface area contributed by atoms with Gasteiger partial charge in [0.2, 0.25) is 10.0 Å². The molecule has 2 aliphatic heterocycles. The Kier molecular flexibility index (Phi) is 7.77. The molecule has 2 amide bonds. The molecule has 10 heteroatoms. The number of nitrogens with zero attached hydrogens (tertiary/aromatic N) is 2. The lowest BCUT2D eigenvalue weighted by atomic mass is 9.65. The molecular formula is C33H40N4O4S2. The first-order chi connectivity index (χ1) is 20.4. The molecule has 2 unspecified atom stereocenters. The predicted octanol–water partition coefficient (Wildman–Crippen LogP) is 5.51. The Balaban J connectivity index is 1.19. The van der Waals surface area contributed by atoms with Gasteiger partial charge < -0.3 is 10.6 Å². The molecule has 3 aliphatic rings. The van der Waals surface area contributed by atoms with Crippen molar-refractivity contribution in [2.24, 2.45) is 10.8 Å². The van der Waals surface area contributed by atoms with E-state index >= 15 is 0 Å². The van der Waals surface area contributed by atoms with Gasteiger partial charge in [0.25, 0.3) is 11.8 Å². The Labute approximate surface area is 258 Å². The first-order valence-electron chi connectivity index (χ1n) is 14.9. The predicted molar refractivity (Wildman–Crippen MR) is 170 cm³/mol. The summed E-state index contributed by atoms with van der Waals surface area (Å²) in [6.07, 6.45) is 3.47. The molecule has 1 saturated heterocycles. The highest BCUT2D eigenvalue weighted by atomic mass is 32.2. The minimum absolute atomic E-state index is 0.00154. The Bertz CT molecular complexity index is 1650. The second-order valence-corrected chi connectivity index (χ2v) is 16.5. The zero-order chi connectivity index (χ0) is 30.6. The van der Waals surface area contributed by atoms with Crippen molar-refractivity contribution >= 4 is 38.2 Å². The zero-order valence-electron chi connectivity index (χ0n) is 25.3. The van der Waals surface area contributed by atoms with Crippen molar-refractivity contribution in [3.8, 4) is 0 Å². The largest absolute Gasteiger partial charge is 0.355 e. The number of carbonyl (C=O) groups is 2. The summed E-state index contributed by atoms with van der Waals surface area (Å²) in [5, 5.41) is 6.21. The highest BCUT2D eigenvalue weighted by molar-refractivity contribution is 7.89. The van der Waals surface area contributed by atoms with E-state index in [9.17, 15) is 18.0 Å². The van der Waals surface area contributed by atoms with Crippen LogP contribution in [0.4, 0.5) is 5.00 Å². The second-order valence-electron chi connectivity index (χ2n) is 13.5. The molecule has 2 aromatic carbocycles. The van der Waals surface area contributed by atoms with Crippen LogP contribution >= 0.6 is 11.3 Å². The van der Waals surface area contributed by atoms with Gasteiger partial charge >= 0.3 is 0 Å². The van der Waals surface area contributed by atoms with Gasteiger partial charge in [-0.2, -0.15) is 4.31 Å². The van der Waals surface area contributed by atoms with E-state index in [1.165, 1.54) is 29.0 Å². The molecule has 1 aromatic heterocycles. The molecule has 3 aromatic rings. The molecule has 2 atom stereocenters. The minimum Gasteiger partial charge on any atom is -0.355 e. The van der Waals surface area contributed by atoms with Gasteiger partial charge in [0, 0.05) is 49.7 Å². The van der Waals surface area contributed by atoms with Gasteiger partial charge in [-0.25, -0.2) is 8.42 Å². The number of hydrogen-bond acceptors (Lipinski definition) is 6. The molecule has 2 N–H and O–H groups in total. The summed E-state index contributed by atoms with van der Waals surface area (Å²) in [7, 11) is -2.09. The molecule has 1 aliphatic carbocycles. The van der Waals surface area contributed by atoms with Crippen LogP contribution in [0.25, 0.3) is 0 Å². The summed E-state index contributed by atoms with van der Waals surface area (Å²) >= 11 is 1.44. The van der Waals surface area contributed by atoms with E-state index in [1.54, 1.807) is 23.5 Å². The van der Waals surface area contributed by atoms with Crippen LogP contribution in [0.15, 0.2) is 59.5 Å². The van der Waals surface area contributed by atoms with Gasteiger partial charge in [0.1, 0.15) is 5.00 Å². The SMILES string of the molecule is CNC(=O)c1c(NC(=O)c2ccc(S(=O)(=O)N3CC4(C)CC3CC(C)(C)C4)cc2)sc2c1CCN(Cc1ccccc1)C2.